The fourth-order valence-electron chi connectivity index (χ4n) is 4.09. The number of nitrogens with zero attached hydrogens (tertiary/aromatic N) is 1. The summed E-state index contributed by atoms with van der Waals surface area (Å²) in [4.78, 5) is 0. The summed E-state index contributed by atoms with van der Waals surface area (Å²) in [5.41, 5.74) is 0. The number of aliphatic hydroxyl groups is 1. The molecule has 0 amide bonds. The summed E-state index contributed by atoms with van der Waals surface area (Å²) in [5, 5.41) is 10.4. The largest absolute Gasteiger partial charge is 0.385 e. The summed E-state index contributed by atoms with van der Waals surface area (Å²) in [6, 6.07) is 0. The van der Waals surface area contributed by atoms with Crippen LogP contribution in [0.5, 0.6) is 0 Å². The molecule has 0 aromatic heterocycles. The zero-order chi connectivity index (χ0) is 17.3. The molecule has 0 saturated heterocycles. The number of aliphatic hydroxyl groups excluding tert-OH is 1. The van der Waals surface area contributed by atoms with Crippen LogP contribution in [-0.2, 0) is 4.74 Å². The molecule has 1 aliphatic rings. The lowest BCUT2D eigenvalue weighted by Gasteiger charge is -2.38. The second kappa shape index (κ2) is 10.3. The van der Waals surface area contributed by atoms with E-state index < -0.39 is 0 Å². The lowest BCUT2D eigenvalue weighted by molar-refractivity contribution is -0.927. The summed E-state index contributed by atoms with van der Waals surface area (Å²) < 4.78 is 6.86. The van der Waals surface area contributed by atoms with Gasteiger partial charge in [-0.2, -0.15) is 0 Å². The highest BCUT2D eigenvalue weighted by Crippen LogP contribution is 2.37. The van der Waals surface area contributed by atoms with Gasteiger partial charge >= 0.3 is 0 Å². The average Bonchev–Trinajstić information content (AvgIpc) is 2.96. The number of hydrogen-bond donors (Lipinski definition) is 1. The minimum atomic E-state index is -0.375. The molecule has 0 spiro atoms. The zero-order valence-corrected chi connectivity index (χ0v) is 15.5. The predicted molar refractivity (Wildman–Crippen MR) is 98.3 cm³/mol. The Hall–Kier alpha value is -0.640. The Bertz CT molecular complexity index is 352. The Balaban J connectivity index is 2.39. The Morgan fingerprint density at radius 3 is 2.39 bits per heavy atom. The van der Waals surface area contributed by atoms with Gasteiger partial charge in [0.1, 0.15) is 12.6 Å². The molecule has 0 heterocycles. The molecule has 4 atom stereocenters. The Labute approximate surface area is 143 Å². The maximum absolute atomic E-state index is 10.4. The van der Waals surface area contributed by atoms with E-state index in [-0.39, 0.29) is 6.10 Å². The SMILES string of the molecule is C=CC1CC(C=C)C(COCC(O)C[N+](CC)(CC)CCC)C1. The van der Waals surface area contributed by atoms with E-state index in [0.717, 1.165) is 56.5 Å². The van der Waals surface area contributed by atoms with Crippen molar-refractivity contribution in [3.8, 4) is 0 Å². The molecule has 1 N–H and O–H groups in total. The average molecular weight is 325 g/mol. The third-order valence-corrected chi connectivity index (χ3v) is 5.70. The molecule has 0 aromatic carbocycles. The number of allylic oxidation sites excluding steroid dienone is 2. The lowest BCUT2D eigenvalue weighted by Crippen LogP contribution is -2.53. The van der Waals surface area contributed by atoms with Crippen molar-refractivity contribution in [2.45, 2.75) is 46.1 Å². The minimum absolute atomic E-state index is 0.375. The van der Waals surface area contributed by atoms with E-state index in [0.29, 0.717) is 24.4 Å². The highest BCUT2D eigenvalue weighted by Gasteiger charge is 2.31. The van der Waals surface area contributed by atoms with Crippen LogP contribution in [-0.4, -0.2) is 55.1 Å². The molecule has 3 heteroatoms. The molecular formula is C20H38NO2+. The third-order valence-electron chi connectivity index (χ3n) is 5.70. The van der Waals surface area contributed by atoms with Crippen LogP contribution in [0.2, 0.25) is 0 Å². The second-order valence-electron chi connectivity index (χ2n) is 7.20. The summed E-state index contributed by atoms with van der Waals surface area (Å²) >= 11 is 0. The molecule has 3 nitrogen and oxygen atoms in total. The van der Waals surface area contributed by atoms with Crippen LogP contribution in [0.15, 0.2) is 25.3 Å². The van der Waals surface area contributed by atoms with E-state index in [2.05, 4.69) is 46.1 Å². The first-order valence-corrected chi connectivity index (χ1v) is 9.40. The van der Waals surface area contributed by atoms with Crippen molar-refractivity contribution in [2.75, 3.05) is 39.4 Å². The van der Waals surface area contributed by atoms with Crippen molar-refractivity contribution in [2.24, 2.45) is 17.8 Å². The van der Waals surface area contributed by atoms with Crippen molar-refractivity contribution in [1.82, 2.24) is 0 Å². The third kappa shape index (κ3) is 6.06. The first kappa shape index (κ1) is 20.4. The fourth-order valence-corrected chi connectivity index (χ4v) is 4.09. The number of ether oxygens (including phenoxy) is 1. The molecule has 0 radical (unpaired) electrons. The van der Waals surface area contributed by atoms with Crippen LogP contribution >= 0.6 is 0 Å². The van der Waals surface area contributed by atoms with Crippen LogP contribution in [0.1, 0.15) is 40.0 Å². The van der Waals surface area contributed by atoms with E-state index in [1.165, 1.54) is 0 Å². The topological polar surface area (TPSA) is 29.5 Å². The monoisotopic (exact) mass is 324 g/mol. The standard InChI is InChI=1S/C20H38NO2/c1-6-11-21(9-4,10-5)14-20(22)16-23-15-19-13-17(7-2)12-18(19)8-3/h7-8,17-20,22H,2-3,6,9-16H2,1,4-5H3/q+1. The molecule has 1 saturated carbocycles. The molecule has 0 aromatic rings. The van der Waals surface area contributed by atoms with E-state index in [1.807, 2.05) is 0 Å². The first-order valence-electron chi connectivity index (χ1n) is 9.40. The van der Waals surface area contributed by atoms with Gasteiger partial charge in [0.2, 0.25) is 0 Å². The van der Waals surface area contributed by atoms with Gasteiger partial charge in [0.05, 0.1) is 32.8 Å². The Morgan fingerprint density at radius 2 is 1.87 bits per heavy atom. The fraction of sp³-hybridized carbons (Fsp3) is 0.800. The second-order valence-corrected chi connectivity index (χ2v) is 7.20. The summed E-state index contributed by atoms with van der Waals surface area (Å²) in [5.74, 6) is 1.64. The number of hydrogen-bond acceptors (Lipinski definition) is 2. The van der Waals surface area contributed by atoms with Crippen LogP contribution in [0.25, 0.3) is 0 Å². The van der Waals surface area contributed by atoms with Crippen molar-refractivity contribution in [3.63, 3.8) is 0 Å². The van der Waals surface area contributed by atoms with Crippen molar-refractivity contribution in [3.05, 3.63) is 25.3 Å². The molecule has 0 aliphatic heterocycles. The van der Waals surface area contributed by atoms with E-state index in [4.69, 9.17) is 4.74 Å². The quantitative estimate of drug-likeness (QED) is 0.439. The van der Waals surface area contributed by atoms with E-state index in [9.17, 15) is 5.11 Å². The van der Waals surface area contributed by atoms with Gasteiger partial charge in [-0.15, -0.1) is 13.2 Å². The lowest BCUT2D eigenvalue weighted by atomic mass is 9.97. The van der Waals surface area contributed by atoms with Gasteiger partial charge in [-0.3, -0.25) is 0 Å². The van der Waals surface area contributed by atoms with Crippen molar-refractivity contribution in [1.29, 1.82) is 0 Å². The van der Waals surface area contributed by atoms with Gasteiger partial charge in [0.25, 0.3) is 0 Å². The number of likely N-dealkylation sites (N-methyl/N-ethyl adjacent to an activating group) is 1. The number of rotatable bonds is 12. The molecule has 23 heavy (non-hydrogen) atoms. The van der Waals surface area contributed by atoms with Crippen molar-refractivity contribution < 1.29 is 14.3 Å². The highest BCUT2D eigenvalue weighted by molar-refractivity contribution is 4.97. The zero-order valence-electron chi connectivity index (χ0n) is 15.5. The summed E-state index contributed by atoms with van der Waals surface area (Å²) in [6.45, 7) is 19.8. The number of quaternary nitrogens is 1. The molecular weight excluding hydrogens is 286 g/mol. The van der Waals surface area contributed by atoms with E-state index >= 15 is 0 Å². The van der Waals surface area contributed by atoms with Gasteiger partial charge in [-0.05, 0) is 50.9 Å². The highest BCUT2D eigenvalue weighted by atomic mass is 16.5. The van der Waals surface area contributed by atoms with Gasteiger partial charge in [0.15, 0.2) is 0 Å². The van der Waals surface area contributed by atoms with Gasteiger partial charge < -0.3 is 14.3 Å². The van der Waals surface area contributed by atoms with Gasteiger partial charge in [-0.1, -0.05) is 19.1 Å². The van der Waals surface area contributed by atoms with Gasteiger partial charge in [-0.25, -0.2) is 0 Å². The molecule has 1 aliphatic carbocycles. The van der Waals surface area contributed by atoms with E-state index in [1.54, 1.807) is 0 Å². The first-order chi connectivity index (χ1) is 11.0. The van der Waals surface area contributed by atoms with Crippen LogP contribution < -0.4 is 0 Å². The van der Waals surface area contributed by atoms with Gasteiger partial charge in [0, 0.05) is 0 Å². The normalized spacial score (nSPS) is 26.2. The van der Waals surface area contributed by atoms with Crippen molar-refractivity contribution >= 4 is 0 Å². The maximum Gasteiger partial charge on any atom is 0.126 e. The molecule has 1 rings (SSSR count). The predicted octanol–water partition coefficient (Wildman–Crippen LogP) is 3.64. The van der Waals surface area contributed by atoms with Crippen LogP contribution in [0.4, 0.5) is 0 Å². The minimum Gasteiger partial charge on any atom is -0.385 e. The Kier molecular flexibility index (Phi) is 9.11. The molecule has 4 unspecified atom stereocenters. The summed E-state index contributed by atoms with van der Waals surface area (Å²) in [7, 11) is 0. The summed E-state index contributed by atoms with van der Waals surface area (Å²) in [6.07, 6.45) is 7.18. The van der Waals surface area contributed by atoms with Crippen LogP contribution in [0.3, 0.4) is 0 Å². The molecule has 0 bridgehead atoms. The Morgan fingerprint density at radius 1 is 1.17 bits per heavy atom. The smallest absolute Gasteiger partial charge is 0.126 e. The molecule has 134 valence electrons. The maximum atomic E-state index is 10.4. The van der Waals surface area contributed by atoms with Crippen LogP contribution in [0, 0.1) is 17.8 Å². The molecule has 1 fully saturated rings.